The minimum Gasteiger partial charge on any atom is -0.453 e. The molecule has 4 fully saturated rings. The molecule has 3 aromatic carbocycles. The third kappa shape index (κ3) is 8.67. The van der Waals surface area contributed by atoms with Crippen molar-refractivity contribution in [2.24, 2.45) is 7.05 Å². The summed E-state index contributed by atoms with van der Waals surface area (Å²) in [5.41, 5.74) is 8.60. The first-order valence-electron chi connectivity index (χ1n) is 20.2. The van der Waals surface area contributed by atoms with Gasteiger partial charge in [0.1, 0.15) is 29.4 Å². The normalized spacial score (nSPS) is 21.6. The SMILES string of the molecule is CC.Cn1nc(N2CCC(=O)NC2=O)c2cc(F)ccc21.N#Cc1c(N)ccc(F)c1Oc1ccc2ncc(C3COC4(CCN(C5CCCCC5F)CC4)C3)nc2c1. The predicted molar refractivity (Wildman–Crippen MR) is 217 cm³/mol. The van der Waals surface area contributed by atoms with E-state index in [0.717, 1.165) is 62.8 Å². The maximum absolute atomic E-state index is 14.5. The van der Waals surface area contributed by atoms with Crippen molar-refractivity contribution in [1.29, 1.82) is 5.26 Å². The lowest BCUT2D eigenvalue weighted by Crippen LogP contribution is -2.51. The zero-order valence-corrected chi connectivity index (χ0v) is 33.4. The smallest absolute Gasteiger partial charge is 0.329 e. The first-order chi connectivity index (χ1) is 28.5. The summed E-state index contributed by atoms with van der Waals surface area (Å²) in [5, 5.41) is 16.4. The molecule has 0 bridgehead atoms. The van der Waals surface area contributed by atoms with Crippen molar-refractivity contribution < 1.29 is 32.2 Å². The van der Waals surface area contributed by atoms with Gasteiger partial charge in [0.15, 0.2) is 17.4 Å². The van der Waals surface area contributed by atoms with Crippen LogP contribution in [0.3, 0.4) is 0 Å². The van der Waals surface area contributed by atoms with Gasteiger partial charge in [0.05, 0.1) is 40.1 Å². The van der Waals surface area contributed by atoms with E-state index in [1.807, 2.05) is 19.9 Å². The van der Waals surface area contributed by atoms with Crippen LogP contribution in [0.5, 0.6) is 11.5 Å². The molecule has 3 saturated heterocycles. The number of nitrogen functional groups attached to an aromatic ring is 1. The second kappa shape index (κ2) is 17.6. The van der Waals surface area contributed by atoms with E-state index in [2.05, 4.69) is 20.3 Å². The van der Waals surface area contributed by atoms with Crippen LogP contribution in [-0.2, 0) is 16.6 Å². The van der Waals surface area contributed by atoms with Crippen LogP contribution in [0.1, 0.15) is 82.4 Å². The molecule has 2 aromatic heterocycles. The third-order valence-corrected chi connectivity index (χ3v) is 11.6. The largest absolute Gasteiger partial charge is 0.453 e. The number of nitrogens with one attached hydrogen (secondary N) is 1. The van der Waals surface area contributed by atoms with E-state index in [-0.39, 0.29) is 53.4 Å². The number of amides is 3. The number of alkyl halides is 1. The van der Waals surface area contributed by atoms with Crippen molar-refractivity contribution in [2.75, 3.05) is 36.9 Å². The molecule has 3 unspecified atom stereocenters. The number of anilines is 2. The first kappa shape index (κ1) is 41.4. The molecule has 3 atom stereocenters. The molecule has 1 aliphatic carbocycles. The number of nitriles is 1. The topological polar surface area (TPSA) is 165 Å². The number of benzene rings is 3. The number of likely N-dealkylation sites (tertiary alicyclic amines) is 1. The molecule has 16 heteroatoms. The number of hydrogen-bond donors (Lipinski definition) is 2. The second-order valence-electron chi connectivity index (χ2n) is 15.2. The Morgan fingerprint density at radius 2 is 1.80 bits per heavy atom. The van der Waals surface area contributed by atoms with Gasteiger partial charge >= 0.3 is 6.03 Å². The second-order valence-corrected chi connectivity index (χ2v) is 15.2. The highest BCUT2D eigenvalue weighted by Gasteiger charge is 2.45. The Labute approximate surface area is 340 Å². The Morgan fingerprint density at radius 3 is 2.54 bits per heavy atom. The van der Waals surface area contributed by atoms with Gasteiger partial charge in [0, 0.05) is 62.7 Å². The molecule has 310 valence electrons. The number of nitrogens with zero attached hydrogens (tertiary/aromatic N) is 7. The number of aryl methyl sites for hydroxylation is 1. The number of nitrogens with two attached hydrogens (primary N) is 1. The molecule has 1 spiro atoms. The zero-order chi connectivity index (χ0) is 41.8. The van der Waals surface area contributed by atoms with Crippen molar-refractivity contribution in [3.63, 3.8) is 0 Å². The molecule has 5 aromatic rings. The van der Waals surface area contributed by atoms with Crippen molar-refractivity contribution >= 4 is 45.4 Å². The lowest BCUT2D eigenvalue weighted by molar-refractivity contribution is -0.120. The summed E-state index contributed by atoms with van der Waals surface area (Å²) in [7, 11) is 1.72. The molecule has 5 heterocycles. The average molecular weight is 812 g/mol. The number of imide groups is 1. The van der Waals surface area contributed by atoms with E-state index in [0.29, 0.717) is 41.0 Å². The van der Waals surface area contributed by atoms with Gasteiger partial charge in [0.2, 0.25) is 5.91 Å². The molecule has 4 aliphatic rings. The minimum atomic E-state index is -0.709. The first-order valence-corrected chi connectivity index (χ1v) is 20.2. The highest BCUT2D eigenvalue weighted by molar-refractivity contribution is 6.08. The van der Waals surface area contributed by atoms with Crippen molar-refractivity contribution in [1.82, 2.24) is 30.0 Å². The molecular weight excluding hydrogens is 764 g/mol. The van der Waals surface area contributed by atoms with Crippen LogP contribution in [0.4, 0.5) is 29.5 Å². The average Bonchev–Trinajstić information content (AvgIpc) is 3.80. The van der Waals surface area contributed by atoms with Crippen LogP contribution in [0, 0.1) is 23.0 Å². The van der Waals surface area contributed by atoms with Crippen LogP contribution in [0.25, 0.3) is 21.9 Å². The van der Waals surface area contributed by atoms with Gasteiger partial charge in [-0.1, -0.05) is 26.7 Å². The number of hydrogen-bond acceptors (Lipinski definition) is 10. The highest BCUT2D eigenvalue weighted by atomic mass is 19.1. The van der Waals surface area contributed by atoms with Crippen LogP contribution >= 0.6 is 0 Å². The maximum Gasteiger partial charge on any atom is 0.329 e. The minimum absolute atomic E-state index is 0.0464. The molecule has 1 saturated carbocycles. The molecule has 13 nitrogen and oxygen atoms in total. The van der Waals surface area contributed by atoms with Crippen molar-refractivity contribution in [2.45, 2.75) is 88.9 Å². The Bertz CT molecular complexity index is 2390. The van der Waals surface area contributed by atoms with E-state index in [1.54, 1.807) is 42.2 Å². The number of piperidine rings is 1. The molecule has 3 N–H and O–H groups in total. The summed E-state index contributed by atoms with van der Waals surface area (Å²) in [5.74, 6) is -0.764. The molecule has 9 rings (SSSR count). The summed E-state index contributed by atoms with van der Waals surface area (Å²) in [6.07, 6.45) is 7.72. The number of halogens is 3. The van der Waals surface area contributed by atoms with Crippen LogP contribution in [0.2, 0.25) is 0 Å². The fourth-order valence-corrected chi connectivity index (χ4v) is 8.48. The van der Waals surface area contributed by atoms with Gasteiger partial charge in [-0.15, -0.1) is 0 Å². The van der Waals surface area contributed by atoms with Gasteiger partial charge in [-0.05, 0) is 74.6 Å². The number of aromatic nitrogens is 4. The molecule has 3 aliphatic heterocycles. The Morgan fingerprint density at radius 1 is 1.02 bits per heavy atom. The zero-order valence-electron chi connectivity index (χ0n) is 33.4. The van der Waals surface area contributed by atoms with E-state index in [9.17, 15) is 28.0 Å². The van der Waals surface area contributed by atoms with Gasteiger partial charge in [-0.25, -0.2) is 22.9 Å². The Hall–Kier alpha value is -5.79. The van der Waals surface area contributed by atoms with Crippen LogP contribution in [0.15, 0.2) is 54.7 Å². The predicted octanol–water partition coefficient (Wildman–Crippen LogP) is 7.82. The lowest BCUT2D eigenvalue weighted by Gasteiger charge is -2.44. The molecule has 3 amide bonds. The van der Waals surface area contributed by atoms with Gasteiger partial charge in [-0.3, -0.25) is 29.6 Å². The van der Waals surface area contributed by atoms with E-state index < -0.39 is 23.8 Å². The summed E-state index contributed by atoms with van der Waals surface area (Å²) in [6.45, 7) is 6.55. The molecule has 0 radical (unpaired) electrons. The number of rotatable bonds is 5. The van der Waals surface area contributed by atoms with Crippen molar-refractivity contribution in [3.8, 4) is 17.6 Å². The Kier molecular flexibility index (Phi) is 12.3. The summed E-state index contributed by atoms with van der Waals surface area (Å²) in [6, 6.07) is 13.3. The monoisotopic (exact) mass is 811 g/mol. The standard InChI is InChI=1S/C29H31F2N5O2.C12H11FN4O2.C2H6/c30-21-3-1-2-4-27(21)36-11-9-29(10-12-36)14-18(17-37-29)26-16-34-24-8-5-19(13-25(24)35-26)38-28-20(15-32)23(33)7-6-22(28)31;1-16-9-3-2-7(13)6-8(9)11(15-16)17-5-4-10(18)14-12(17)19;1-2/h5-8,13,16,18,21,27H,1-4,9-12,14,17,33H2;2-3,6H,4-5H2,1H3,(H,14,18,19);1-2H3. The van der Waals surface area contributed by atoms with E-state index in [1.165, 1.54) is 29.2 Å². The van der Waals surface area contributed by atoms with E-state index >= 15 is 0 Å². The Balaban J connectivity index is 0.000000210. The van der Waals surface area contributed by atoms with E-state index in [4.69, 9.17) is 20.2 Å². The molecular formula is C43H48F3N9O4. The van der Waals surface area contributed by atoms with Crippen LogP contribution in [-0.4, -0.2) is 80.6 Å². The third-order valence-electron chi connectivity index (χ3n) is 11.6. The fraction of sp³-hybridized carbons (Fsp3) is 0.442. The number of ether oxygens (including phenoxy) is 2. The molecule has 59 heavy (non-hydrogen) atoms. The number of urea groups is 1. The number of fused-ring (bicyclic) bond motifs is 2. The van der Waals surface area contributed by atoms with Crippen LogP contribution < -0.4 is 20.7 Å². The summed E-state index contributed by atoms with van der Waals surface area (Å²) >= 11 is 0. The number of carbonyl (C=O) groups excluding carboxylic acids is 2. The van der Waals surface area contributed by atoms with Crippen molar-refractivity contribution in [3.05, 3.63) is 77.6 Å². The van der Waals surface area contributed by atoms with Gasteiger partial charge in [-0.2, -0.15) is 10.4 Å². The lowest BCUT2D eigenvalue weighted by atomic mass is 9.83. The number of carbonyl (C=O) groups is 2. The summed E-state index contributed by atoms with van der Waals surface area (Å²) in [4.78, 5) is 36.0. The maximum atomic E-state index is 14.5. The van der Waals surface area contributed by atoms with Gasteiger partial charge in [0.25, 0.3) is 0 Å². The van der Waals surface area contributed by atoms with Gasteiger partial charge < -0.3 is 15.2 Å². The quantitative estimate of drug-likeness (QED) is 0.167. The highest BCUT2D eigenvalue weighted by Crippen LogP contribution is 2.44. The summed E-state index contributed by atoms with van der Waals surface area (Å²) < 4.78 is 56.0. The fourth-order valence-electron chi connectivity index (χ4n) is 8.48.